The highest BCUT2D eigenvalue weighted by Crippen LogP contribution is 2.27. The van der Waals surface area contributed by atoms with Gasteiger partial charge in [0, 0.05) is 22.9 Å². The van der Waals surface area contributed by atoms with Crippen LogP contribution in [0.2, 0.25) is 0 Å². The van der Waals surface area contributed by atoms with Crippen LogP contribution in [0, 0.1) is 0 Å². The lowest BCUT2D eigenvalue weighted by molar-refractivity contribution is 0.474. The molecule has 0 aliphatic heterocycles. The molecule has 0 bridgehead atoms. The topological polar surface area (TPSA) is 32.3 Å². The van der Waals surface area contributed by atoms with Crippen molar-refractivity contribution in [2.45, 2.75) is 11.4 Å². The third kappa shape index (κ3) is 4.07. The summed E-state index contributed by atoms with van der Waals surface area (Å²) in [5.74, 6) is 1.19. The molecule has 2 aromatic rings. The molecule has 2 N–H and O–H groups in total. The minimum atomic E-state index is 0.300. The largest absolute Gasteiger partial charge is 0.508 e. The van der Waals surface area contributed by atoms with E-state index < -0.39 is 0 Å². The fraction of sp³-hybridized carbons (Fsp3) is 0.125. The average Bonchev–Trinajstić information content (AvgIpc) is 2.44. The Bertz CT molecular complexity index is 554. The van der Waals surface area contributed by atoms with E-state index in [1.54, 1.807) is 23.9 Å². The molecule has 0 aromatic heterocycles. The van der Waals surface area contributed by atoms with Gasteiger partial charge >= 0.3 is 0 Å². The highest BCUT2D eigenvalue weighted by atomic mass is 32.2. The van der Waals surface area contributed by atoms with Crippen LogP contribution in [0.3, 0.4) is 0 Å². The number of thioether (sulfide) groups is 1. The first-order chi connectivity index (χ1) is 9.29. The summed E-state index contributed by atoms with van der Waals surface area (Å²) in [7, 11) is 0. The maximum absolute atomic E-state index is 9.44. The predicted molar refractivity (Wildman–Crippen MR) is 82.8 cm³/mol. The molecular weight excluding hydrogens is 254 g/mol. The zero-order valence-corrected chi connectivity index (χ0v) is 11.5. The predicted octanol–water partition coefficient (Wildman–Crippen LogP) is 4.28. The number of rotatable bonds is 6. The minimum absolute atomic E-state index is 0.300. The second kappa shape index (κ2) is 6.90. The molecule has 19 heavy (non-hydrogen) atoms. The van der Waals surface area contributed by atoms with Crippen LogP contribution in [0.4, 0.5) is 5.69 Å². The minimum Gasteiger partial charge on any atom is -0.508 e. The summed E-state index contributed by atoms with van der Waals surface area (Å²) in [6, 6.07) is 15.5. The van der Waals surface area contributed by atoms with Gasteiger partial charge in [0.2, 0.25) is 0 Å². The number of aromatic hydroxyl groups is 1. The lowest BCUT2D eigenvalue weighted by Crippen LogP contribution is -2.00. The van der Waals surface area contributed by atoms with E-state index >= 15 is 0 Å². The highest BCUT2D eigenvalue weighted by Gasteiger charge is 2.01. The fourth-order valence-corrected chi connectivity index (χ4v) is 2.52. The molecule has 0 saturated heterocycles. The zero-order chi connectivity index (χ0) is 13.5. The third-order valence-electron chi connectivity index (χ3n) is 2.64. The van der Waals surface area contributed by atoms with Gasteiger partial charge in [-0.1, -0.05) is 30.3 Å². The van der Waals surface area contributed by atoms with Crippen molar-refractivity contribution in [3.8, 4) is 5.75 Å². The van der Waals surface area contributed by atoms with Gasteiger partial charge in [0.25, 0.3) is 0 Å². The third-order valence-corrected chi connectivity index (χ3v) is 3.71. The SMILES string of the molecule is C=CCSc1ccccc1NCc1cccc(O)c1. The van der Waals surface area contributed by atoms with Crippen molar-refractivity contribution in [2.75, 3.05) is 11.1 Å². The summed E-state index contributed by atoms with van der Waals surface area (Å²) >= 11 is 1.76. The number of phenolic OH excluding ortho intramolecular Hbond substituents is 1. The van der Waals surface area contributed by atoms with Crippen LogP contribution < -0.4 is 5.32 Å². The number of benzene rings is 2. The molecule has 3 heteroatoms. The van der Waals surface area contributed by atoms with Crippen LogP contribution in [-0.2, 0) is 6.54 Å². The number of phenols is 1. The van der Waals surface area contributed by atoms with Gasteiger partial charge < -0.3 is 10.4 Å². The first-order valence-corrected chi connectivity index (χ1v) is 7.12. The first kappa shape index (κ1) is 13.6. The van der Waals surface area contributed by atoms with Crippen LogP contribution in [0.5, 0.6) is 5.75 Å². The van der Waals surface area contributed by atoms with Crippen LogP contribution in [-0.4, -0.2) is 10.9 Å². The highest BCUT2D eigenvalue weighted by molar-refractivity contribution is 7.99. The van der Waals surface area contributed by atoms with Gasteiger partial charge in [0.05, 0.1) is 0 Å². The molecule has 0 radical (unpaired) electrons. The van der Waals surface area contributed by atoms with Crippen molar-refractivity contribution in [2.24, 2.45) is 0 Å². The van der Waals surface area contributed by atoms with Gasteiger partial charge in [-0.15, -0.1) is 18.3 Å². The lowest BCUT2D eigenvalue weighted by atomic mass is 10.2. The Hall–Kier alpha value is -1.87. The van der Waals surface area contributed by atoms with Crippen molar-refractivity contribution >= 4 is 17.4 Å². The van der Waals surface area contributed by atoms with Gasteiger partial charge in [-0.3, -0.25) is 0 Å². The van der Waals surface area contributed by atoms with Crippen LogP contribution >= 0.6 is 11.8 Å². The molecule has 98 valence electrons. The summed E-state index contributed by atoms with van der Waals surface area (Å²) < 4.78 is 0. The maximum Gasteiger partial charge on any atom is 0.115 e. The van der Waals surface area contributed by atoms with Gasteiger partial charge in [-0.2, -0.15) is 0 Å². The summed E-state index contributed by atoms with van der Waals surface area (Å²) in [5.41, 5.74) is 2.17. The van der Waals surface area contributed by atoms with Gasteiger partial charge in [-0.05, 0) is 29.8 Å². The molecule has 0 aliphatic rings. The van der Waals surface area contributed by atoms with E-state index in [2.05, 4.69) is 24.0 Å². The van der Waals surface area contributed by atoms with Crippen molar-refractivity contribution in [1.29, 1.82) is 0 Å². The van der Waals surface area contributed by atoms with E-state index in [-0.39, 0.29) is 0 Å². The Labute approximate surface area is 118 Å². The Kier molecular flexibility index (Phi) is 4.93. The second-order valence-electron chi connectivity index (χ2n) is 4.12. The monoisotopic (exact) mass is 271 g/mol. The summed E-state index contributed by atoms with van der Waals surface area (Å²) in [6.45, 7) is 4.43. The Morgan fingerprint density at radius 2 is 2.00 bits per heavy atom. The standard InChI is InChI=1S/C16H17NOS/c1-2-10-19-16-9-4-3-8-15(16)17-12-13-6-5-7-14(18)11-13/h2-9,11,17-18H,1,10,12H2. The smallest absolute Gasteiger partial charge is 0.115 e. The molecule has 0 saturated carbocycles. The Morgan fingerprint density at radius 3 is 2.79 bits per heavy atom. The molecule has 0 aliphatic carbocycles. The van der Waals surface area contributed by atoms with Gasteiger partial charge in [0.15, 0.2) is 0 Å². The molecular formula is C16H17NOS. The van der Waals surface area contributed by atoms with Crippen LogP contribution in [0.25, 0.3) is 0 Å². The van der Waals surface area contributed by atoms with E-state index in [4.69, 9.17) is 0 Å². The zero-order valence-electron chi connectivity index (χ0n) is 10.7. The number of hydrogen-bond acceptors (Lipinski definition) is 3. The molecule has 0 atom stereocenters. The van der Waals surface area contributed by atoms with E-state index in [0.29, 0.717) is 12.3 Å². The van der Waals surface area contributed by atoms with Crippen molar-refractivity contribution in [1.82, 2.24) is 0 Å². The van der Waals surface area contributed by atoms with E-state index in [1.807, 2.05) is 30.3 Å². The van der Waals surface area contributed by atoms with Crippen molar-refractivity contribution < 1.29 is 5.11 Å². The number of nitrogens with one attached hydrogen (secondary N) is 1. The molecule has 0 fully saturated rings. The Balaban J connectivity index is 2.04. The molecule has 0 amide bonds. The molecule has 0 unspecified atom stereocenters. The van der Waals surface area contributed by atoms with Crippen molar-refractivity contribution in [3.05, 3.63) is 66.7 Å². The van der Waals surface area contributed by atoms with Crippen LogP contribution in [0.1, 0.15) is 5.56 Å². The van der Waals surface area contributed by atoms with Gasteiger partial charge in [0.1, 0.15) is 5.75 Å². The van der Waals surface area contributed by atoms with E-state index in [1.165, 1.54) is 4.90 Å². The summed E-state index contributed by atoms with van der Waals surface area (Å²) in [5, 5.41) is 12.8. The van der Waals surface area contributed by atoms with E-state index in [0.717, 1.165) is 17.0 Å². The molecule has 2 nitrogen and oxygen atoms in total. The first-order valence-electron chi connectivity index (χ1n) is 6.14. The molecule has 2 rings (SSSR count). The molecule has 0 spiro atoms. The molecule has 2 aromatic carbocycles. The summed E-state index contributed by atoms with van der Waals surface area (Å²) in [4.78, 5) is 1.21. The van der Waals surface area contributed by atoms with Crippen LogP contribution in [0.15, 0.2) is 66.1 Å². The van der Waals surface area contributed by atoms with E-state index in [9.17, 15) is 5.11 Å². The number of anilines is 1. The fourth-order valence-electron chi connectivity index (χ4n) is 1.75. The lowest BCUT2D eigenvalue weighted by Gasteiger charge is -2.11. The quantitative estimate of drug-likeness (QED) is 0.607. The summed E-state index contributed by atoms with van der Waals surface area (Å²) in [6.07, 6.45) is 1.90. The maximum atomic E-state index is 9.44. The second-order valence-corrected chi connectivity index (χ2v) is 5.18. The number of hydrogen-bond donors (Lipinski definition) is 2. The van der Waals surface area contributed by atoms with Crippen molar-refractivity contribution in [3.63, 3.8) is 0 Å². The molecule has 0 heterocycles. The van der Waals surface area contributed by atoms with Gasteiger partial charge in [-0.25, -0.2) is 0 Å². The Morgan fingerprint density at radius 1 is 1.16 bits per heavy atom. The average molecular weight is 271 g/mol. The number of para-hydroxylation sites is 1. The normalized spacial score (nSPS) is 10.1.